The molecule has 0 aromatic heterocycles. The van der Waals surface area contributed by atoms with Crippen molar-refractivity contribution in [2.24, 2.45) is 0 Å². The SMILES string of the molecule is O=C(O)CCOCC[C@@H]1CC[C@@H](C(=O)O)N1. The standard InChI is InChI=1S/C10H17NO5/c12-9(13)4-6-16-5-3-7-1-2-8(11-7)10(14)15/h7-8,11H,1-6H2,(H,12,13)(H,14,15)/t7-,8-/m0/s1. The molecule has 0 aromatic carbocycles. The Bertz CT molecular complexity index is 256. The number of hydrogen-bond acceptors (Lipinski definition) is 4. The lowest BCUT2D eigenvalue weighted by Crippen LogP contribution is -2.35. The van der Waals surface area contributed by atoms with Gasteiger partial charge in [-0.25, -0.2) is 0 Å². The van der Waals surface area contributed by atoms with Gasteiger partial charge < -0.3 is 20.3 Å². The largest absolute Gasteiger partial charge is 0.481 e. The Morgan fingerprint density at radius 2 is 2.00 bits per heavy atom. The van der Waals surface area contributed by atoms with Gasteiger partial charge in [0.1, 0.15) is 6.04 Å². The summed E-state index contributed by atoms with van der Waals surface area (Å²) in [5.74, 6) is -1.68. The van der Waals surface area contributed by atoms with Crippen molar-refractivity contribution in [3.63, 3.8) is 0 Å². The number of rotatable bonds is 7. The first-order chi connectivity index (χ1) is 7.59. The van der Waals surface area contributed by atoms with Crippen LogP contribution in [0.15, 0.2) is 0 Å². The van der Waals surface area contributed by atoms with Crippen LogP contribution < -0.4 is 5.32 Å². The van der Waals surface area contributed by atoms with Gasteiger partial charge in [-0.3, -0.25) is 9.59 Å². The van der Waals surface area contributed by atoms with E-state index in [2.05, 4.69) is 5.32 Å². The van der Waals surface area contributed by atoms with Gasteiger partial charge in [-0.15, -0.1) is 0 Å². The maximum Gasteiger partial charge on any atom is 0.320 e. The fourth-order valence-electron chi connectivity index (χ4n) is 1.73. The zero-order valence-corrected chi connectivity index (χ0v) is 9.02. The molecule has 0 bridgehead atoms. The molecule has 1 aliphatic heterocycles. The third-order valence-corrected chi connectivity index (χ3v) is 2.61. The number of carboxylic acids is 2. The van der Waals surface area contributed by atoms with Crippen molar-refractivity contribution in [1.82, 2.24) is 5.32 Å². The van der Waals surface area contributed by atoms with E-state index < -0.39 is 18.0 Å². The van der Waals surface area contributed by atoms with Crippen molar-refractivity contribution in [2.45, 2.75) is 37.8 Å². The highest BCUT2D eigenvalue weighted by Gasteiger charge is 2.28. The van der Waals surface area contributed by atoms with E-state index in [1.54, 1.807) is 0 Å². The lowest BCUT2D eigenvalue weighted by molar-refractivity contribution is -0.139. The Balaban J connectivity index is 2.02. The number of carboxylic acid groups (broad SMARTS) is 2. The summed E-state index contributed by atoms with van der Waals surface area (Å²) in [6, 6.07) is -0.269. The van der Waals surface area contributed by atoms with Gasteiger partial charge >= 0.3 is 11.9 Å². The molecule has 0 saturated carbocycles. The minimum atomic E-state index is -0.870. The summed E-state index contributed by atoms with van der Waals surface area (Å²) in [5, 5.41) is 20.1. The lowest BCUT2D eigenvalue weighted by Gasteiger charge is -2.11. The number of carbonyl (C=O) groups is 2. The molecule has 1 rings (SSSR count). The van der Waals surface area contributed by atoms with E-state index in [9.17, 15) is 9.59 Å². The number of aliphatic carboxylic acids is 2. The van der Waals surface area contributed by atoms with Gasteiger partial charge in [0.15, 0.2) is 0 Å². The highest BCUT2D eigenvalue weighted by molar-refractivity contribution is 5.73. The van der Waals surface area contributed by atoms with Crippen molar-refractivity contribution in [3.05, 3.63) is 0 Å². The van der Waals surface area contributed by atoms with Crippen LogP contribution in [0.2, 0.25) is 0 Å². The van der Waals surface area contributed by atoms with Gasteiger partial charge in [-0.2, -0.15) is 0 Å². The van der Waals surface area contributed by atoms with Crippen molar-refractivity contribution < 1.29 is 24.5 Å². The minimum Gasteiger partial charge on any atom is -0.481 e. The Labute approximate surface area is 93.6 Å². The summed E-state index contributed by atoms with van der Waals surface area (Å²) >= 11 is 0. The highest BCUT2D eigenvalue weighted by atomic mass is 16.5. The number of nitrogens with one attached hydrogen (secondary N) is 1. The molecule has 0 aromatic rings. The third kappa shape index (κ3) is 4.59. The summed E-state index contributed by atoms with van der Waals surface area (Å²) in [4.78, 5) is 20.8. The van der Waals surface area contributed by atoms with Crippen LogP contribution in [0.4, 0.5) is 0 Å². The molecule has 6 heteroatoms. The second-order valence-electron chi connectivity index (χ2n) is 3.88. The van der Waals surface area contributed by atoms with E-state index in [4.69, 9.17) is 14.9 Å². The molecule has 0 spiro atoms. The fourth-order valence-corrected chi connectivity index (χ4v) is 1.73. The van der Waals surface area contributed by atoms with E-state index in [0.29, 0.717) is 13.0 Å². The molecule has 6 nitrogen and oxygen atoms in total. The first-order valence-corrected chi connectivity index (χ1v) is 5.38. The Morgan fingerprint density at radius 1 is 1.25 bits per heavy atom. The monoisotopic (exact) mass is 231 g/mol. The number of hydrogen-bond donors (Lipinski definition) is 3. The molecule has 0 radical (unpaired) electrons. The molecule has 1 heterocycles. The molecule has 2 atom stereocenters. The maximum absolute atomic E-state index is 10.6. The molecule has 1 fully saturated rings. The van der Waals surface area contributed by atoms with Crippen LogP contribution in [0, 0.1) is 0 Å². The average molecular weight is 231 g/mol. The van der Waals surface area contributed by atoms with Crippen molar-refractivity contribution in [1.29, 1.82) is 0 Å². The molecule has 1 aliphatic rings. The molecule has 1 saturated heterocycles. The van der Waals surface area contributed by atoms with Gasteiger partial charge in [0, 0.05) is 12.6 Å². The average Bonchev–Trinajstić information content (AvgIpc) is 2.65. The maximum atomic E-state index is 10.6. The lowest BCUT2D eigenvalue weighted by atomic mass is 10.1. The van der Waals surface area contributed by atoms with Crippen molar-refractivity contribution >= 4 is 11.9 Å². The quantitative estimate of drug-likeness (QED) is 0.537. The first-order valence-electron chi connectivity index (χ1n) is 5.38. The minimum absolute atomic E-state index is 0.00977. The predicted octanol–water partition coefficient (Wildman–Crippen LogP) is 0.0730. The topological polar surface area (TPSA) is 95.9 Å². The summed E-state index contributed by atoms with van der Waals surface area (Å²) in [7, 11) is 0. The molecule has 16 heavy (non-hydrogen) atoms. The summed E-state index contributed by atoms with van der Waals surface area (Å²) in [6.45, 7) is 0.682. The second-order valence-corrected chi connectivity index (χ2v) is 3.88. The Hall–Kier alpha value is -1.14. The summed E-state index contributed by atoms with van der Waals surface area (Å²) in [6.07, 6.45) is 2.22. The second kappa shape index (κ2) is 6.44. The molecule has 92 valence electrons. The van der Waals surface area contributed by atoms with Crippen LogP contribution in [0.25, 0.3) is 0 Å². The Morgan fingerprint density at radius 3 is 2.56 bits per heavy atom. The molecule has 0 amide bonds. The molecule has 0 unspecified atom stereocenters. The van der Waals surface area contributed by atoms with Crippen molar-refractivity contribution in [2.75, 3.05) is 13.2 Å². The molecule has 0 aliphatic carbocycles. The predicted molar refractivity (Wildman–Crippen MR) is 55.3 cm³/mol. The third-order valence-electron chi connectivity index (χ3n) is 2.61. The van der Waals surface area contributed by atoms with Gasteiger partial charge in [-0.05, 0) is 19.3 Å². The van der Waals surface area contributed by atoms with Crippen LogP contribution in [0.5, 0.6) is 0 Å². The van der Waals surface area contributed by atoms with Gasteiger partial charge in [0.05, 0.1) is 13.0 Å². The van der Waals surface area contributed by atoms with Crippen molar-refractivity contribution in [3.8, 4) is 0 Å². The Kier molecular flexibility index (Phi) is 5.21. The fraction of sp³-hybridized carbons (Fsp3) is 0.800. The smallest absolute Gasteiger partial charge is 0.320 e. The summed E-state index contributed by atoms with van der Waals surface area (Å²) in [5.41, 5.74) is 0. The number of ether oxygens (including phenoxy) is 1. The zero-order chi connectivity index (χ0) is 12.0. The summed E-state index contributed by atoms with van der Waals surface area (Å²) < 4.78 is 5.13. The van der Waals surface area contributed by atoms with E-state index in [1.165, 1.54) is 0 Å². The van der Waals surface area contributed by atoms with E-state index in [0.717, 1.165) is 12.8 Å². The van der Waals surface area contributed by atoms with E-state index in [-0.39, 0.29) is 19.1 Å². The molecular formula is C10H17NO5. The first kappa shape index (κ1) is 12.9. The van der Waals surface area contributed by atoms with E-state index >= 15 is 0 Å². The van der Waals surface area contributed by atoms with Crippen LogP contribution in [-0.4, -0.2) is 47.4 Å². The van der Waals surface area contributed by atoms with E-state index in [1.807, 2.05) is 0 Å². The van der Waals surface area contributed by atoms with Crippen LogP contribution in [0.1, 0.15) is 25.7 Å². The molecular weight excluding hydrogens is 214 g/mol. The normalized spacial score (nSPS) is 24.5. The zero-order valence-electron chi connectivity index (χ0n) is 9.02. The molecule has 3 N–H and O–H groups in total. The van der Waals surface area contributed by atoms with Crippen LogP contribution in [-0.2, 0) is 14.3 Å². The van der Waals surface area contributed by atoms with Gasteiger partial charge in [0.2, 0.25) is 0 Å². The van der Waals surface area contributed by atoms with Crippen LogP contribution in [0.3, 0.4) is 0 Å². The van der Waals surface area contributed by atoms with Crippen LogP contribution >= 0.6 is 0 Å². The van der Waals surface area contributed by atoms with Gasteiger partial charge in [0.25, 0.3) is 0 Å². The van der Waals surface area contributed by atoms with Gasteiger partial charge in [-0.1, -0.05) is 0 Å². The highest BCUT2D eigenvalue weighted by Crippen LogP contribution is 2.15.